The van der Waals surface area contributed by atoms with Crippen molar-refractivity contribution in [3.8, 4) is 0 Å². The van der Waals surface area contributed by atoms with Crippen LogP contribution in [0.1, 0.15) is 15.9 Å². The lowest BCUT2D eigenvalue weighted by Gasteiger charge is -2.10. The van der Waals surface area contributed by atoms with E-state index < -0.39 is 26.0 Å². The normalized spacial score (nSPS) is 11.7. The van der Waals surface area contributed by atoms with Crippen molar-refractivity contribution in [1.29, 1.82) is 0 Å². The molecule has 156 valence electrons. The van der Waals surface area contributed by atoms with Gasteiger partial charge in [0.05, 0.1) is 9.79 Å². The number of hydrogen-bond acceptors (Lipinski definition) is 5. The van der Waals surface area contributed by atoms with E-state index in [0.717, 1.165) is 5.56 Å². The molecule has 30 heavy (non-hydrogen) atoms. The average Bonchev–Trinajstić information content (AvgIpc) is 2.68. The Morgan fingerprint density at radius 1 is 0.800 bits per heavy atom. The summed E-state index contributed by atoms with van der Waals surface area (Å²) in [7, 11) is -7.63. The Balaban J connectivity index is 1.76. The maximum atomic E-state index is 12.5. The summed E-state index contributed by atoms with van der Waals surface area (Å²) in [5.74, 6) is -0.491. The fraction of sp³-hybridized carbons (Fsp3) is 0.0500. The van der Waals surface area contributed by atoms with Crippen LogP contribution in [0.25, 0.3) is 0 Å². The Labute approximate surface area is 174 Å². The Bertz CT molecular complexity index is 1290. The molecule has 0 unspecified atom stereocenters. The van der Waals surface area contributed by atoms with Crippen LogP contribution in [0, 0.1) is 6.92 Å². The zero-order valence-electron chi connectivity index (χ0n) is 15.9. The third kappa shape index (κ3) is 5.23. The van der Waals surface area contributed by atoms with Crippen molar-refractivity contribution < 1.29 is 21.6 Å². The van der Waals surface area contributed by atoms with Crippen LogP contribution in [0.2, 0.25) is 0 Å². The maximum absolute atomic E-state index is 12.5. The summed E-state index contributed by atoms with van der Waals surface area (Å²) >= 11 is 0. The van der Waals surface area contributed by atoms with Gasteiger partial charge in [-0.2, -0.15) is 0 Å². The van der Waals surface area contributed by atoms with Gasteiger partial charge >= 0.3 is 0 Å². The summed E-state index contributed by atoms with van der Waals surface area (Å²) in [4.78, 5) is 12.5. The molecule has 4 N–H and O–H groups in total. The van der Waals surface area contributed by atoms with Crippen LogP contribution >= 0.6 is 0 Å². The predicted octanol–water partition coefficient (Wildman–Crippen LogP) is 2.70. The topological polar surface area (TPSA) is 135 Å². The van der Waals surface area contributed by atoms with Crippen LogP contribution in [0.3, 0.4) is 0 Å². The number of hydrogen-bond donors (Lipinski definition) is 3. The summed E-state index contributed by atoms with van der Waals surface area (Å²) in [6, 6.07) is 17.8. The quantitative estimate of drug-likeness (QED) is 0.536. The number of nitrogens with one attached hydrogen (secondary N) is 2. The lowest BCUT2D eigenvalue weighted by Crippen LogP contribution is -2.15. The van der Waals surface area contributed by atoms with E-state index in [1.807, 2.05) is 6.92 Å². The molecule has 10 heteroatoms. The molecule has 0 bridgehead atoms. The third-order valence-corrected chi connectivity index (χ3v) is 6.48. The Kier molecular flexibility index (Phi) is 5.92. The van der Waals surface area contributed by atoms with Gasteiger partial charge in [0.25, 0.3) is 15.9 Å². The highest BCUT2D eigenvalue weighted by atomic mass is 32.2. The van der Waals surface area contributed by atoms with Gasteiger partial charge in [0.15, 0.2) is 0 Å². The minimum Gasteiger partial charge on any atom is -0.322 e. The number of primary sulfonamides is 1. The number of amides is 1. The van der Waals surface area contributed by atoms with Crippen molar-refractivity contribution in [1.82, 2.24) is 0 Å². The zero-order valence-corrected chi connectivity index (χ0v) is 17.5. The largest absolute Gasteiger partial charge is 0.322 e. The van der Waals surface area contributed by atoms with Gasteiger partial charge < -0.3 is 5.32 Å². The van der Waals surface area contributed by atoms with Crippen LogP contribution < -0.4 is 15.2 Å². The summed E-state index contributed by atoms with van der Waals surface area (Å²) in [6.07, 6.45) is 0. The zero-order chi connectivity index (χ0) is 21.9. The second-order valence-electron chi connectivity index (χ2n) is 6.52. The second kappa shape index (κ2) is 8.27. The van der Waals surface area contributed by atoms with Gasteiger partial charge in [0.2, 0.25) is 10.0 Å². The Morgan fingerprint density at radius 2 is 1.40 bits per heavy atom. The van der Waals surface area contributed by atoms with Crippen molar-refractivity contribution in [2.75, 3.05) is 10.0 Å². The molecular formula is C20H19N3O5S2. The van der Waals surface area contributed by atoms with E-state index in [1.54, 1.807) is 18.2 Å². The predicted molar refractivity (Wildman–Crippen MR) is 114 cm³/mol. The molecule has 3 rings (SSSR count). The number of carbonyl (C=O) groups is 1. The summed E-state index contributed by atoms with van der Waals surface area (Å²) in [5.41, 5.74) is 1.74. The minimum atomic E-state index is -3.83. The highest BCUT2D eigenvalue weighted by Crippen LogP contribution is 2.19. The van der Waals surface area contributed by atoms with Crippen molar-refractivity contribution in [2.45, 2.75) is 16.7 Å². The highest BCUT2D eigenvalue weighted by molar-refractivity contribution is 7.92. The van der Waals surface area contributed by atoms with Gasteiger partial charge in [0, 0.05) is 16.9 Å². The monoisotopic (exact) mass is 445 g/mol. The first-order chi connectivity index (χ1) is 14.0. The molecule has 0 spiro atoms. The van der Waals surface area contributed by atoms with Crippen molar-refractivity contribution in [3.05, 3.63) is 83.9 Å². The number of anilines is 2. The fourth-order valence-electron chi connectivity index (χ4n) is 2.59. The maximum Gasteiger partial charge on any atom is 0.261 e. The van der Waals surface area contributed by atoms with Crippen LogP contribution in [0.5, 0.6) is 0 Å². The molecule has 0 aromatic heterocycles. The van der Waals surface area contributed by atoms with Gasteiger partial charge in [-0.15, -0.1) is 0 Å². The minimum absolute atomic E-state index is 0.0759. The molecule has 0 fully saturated rings. The van der Waals surface area contributed by atoms with Crippen molar-refractivity contribution in [3.63, 3.8) is 0 Å². The standard InChI is InChI=1S/C20H19N3O5S2/c1-14-5-9-19(10-6-14)30(27,28)23-17-4-2-3-15(13-17)20(24)22-16-7-11-18(12-8-16)29(21,25)26/h2-13,23H,1H3,(H,22,24)(H2,21,25,26). The van der Waals surface area contributed by atoms with Crippen LogP contribution in [-0.2, 0) is 20.0 Å². The summed E-state index contributed by atoms with van der Waals surface area (Å²) in [5, 5.41) is 7.66. The SMILES string of the molecule is Cc1ccc(S(=O)(=O)Nc2cccc(C(=O)Nc3ccc(S(N)(=O)=O)cc3)c2)cc1. The molecule has 1 amide bonds. The second-order valence-corrected chi connectivity index (χ2v) is 9.77. The van der Waals surface area contributed by atoms with Gasteiger partial charge in [-0.1, -0.05) is 23.8 Å². The van der Waals surface area contributed by atoms with Crippen molar-refractivity contribution >= 4 is 37.3 Å². The number of carbonyl (C=O) groups excluding carboxylic acids is 1. The summed E-state index contributed by atoms with van der Waals surface area (Å²) in [6.45, 7) is 1.86. The molecule has 8 nitrogen and oxygen atoms in total. The molecular weight excluding hydrogens is 426 g/mol. The fourth-order valence-corrected chi connectivity index (χ4v) is 4.15. The molecule has 3 aromatic carbocycles. The lowest BCUT2D eigenvalue weighted by atomic mass is 10.2. The van der Waals surface area contributed by atoms with E-state index in [0.29, 0.717) is 5.69 Å². The molecule has 0 aliphatic carbocycles. The molecule has 0 heterocycles. The van der Waals surface area contributed by atoms with Gasteiger partial charge in [-0.05, 0) is 61.5 Å². The lowest BCUT2D eigenvalue weighted by molar-refractivity contribution is 0.102. The number of rotatable bonds is 6. The van der Waals surface area contributed by atoms with Crippen molar-refractivity contribution in [2.24, 2.45) is 5.14 Å². The molecule has 0 aliphatic heterocycles. The van der Waals surface area contributed by atoms with Gasteiger partial charge in [-0.3, -0.25) is 9.52 Å². The number of nitrogens with two attached hydrogens (primary N) is 1. The number of benzene rings is 3. The molecule has 3 aromatic rings. The van der Waals surface area contributed by atoms with Crippen LogP contribution in [0.15, 0.2) is 82.6 Å². The van der Waals surface area contributed by atoms with Gasteiger partial charge in [-0.25, -0.2) is 22.0 Å². The van der Waals surface area contributed by atoms with E-state index >= 15 is 0 Å². The molecule has 0 aliphatic rings. The van der Waals surface area contributed by atoms with Crippen LogP contribution in [-0.4, -0.2) is 22.7 Å². The molecule has 0 radical (unpaired) electrons. The third-order valence-electron chi connectivity index (χ3n) is 4.15. The highest BCUT2D eigenvalue weighted by Gasteiger charge is 2.15. The number of aryl methyl sites for hydroxylation is 1. The summed E-state index contributed by atoms with van der Waals surface area (Å²) < 4.78 is 50.1. The first-order valence-corrected chi connectivity index (χ1v) is 11.7. The van der Waals surface area contributed by atoms with E-state index in [1.165, 1.54) is 54.6 Å². The van der Waals surface area contributed by atoms with Crippen LogP contribution in [0.4, 0.5) is 11.4 Å². The smallest absolute Gasteiger partial charge is 0.261 e. The molecule has 0 saturated carbocycles. The van der Waals surface area contributed by atoms with E-state index in [4.69, 9.17) is 5.14 Å². The average molecular weight is 446 g/mol. The number of sulfonamides is 2. The van der Waals surface area contributed by atoms with Gasteiger partial charge in [0.1, 0.15) is 0 Å². The van der Waals surface area contributed by atoms with E-state index in [-0.39, 0.29) is 21.0 Å². The Morgan fingerprint density at radius 3 is 2.00 bits per heavy atom. The first-order valence-electron chi connectivity index (χ1n) is 8.68. The van der Waals surface area contributed by atoms with E-state index in [2.05, 4.69) is 10.0 Å². The van der Waals surface area contributed by atoms with E-state index in [9.17, 15) is 21.6 Å². The molecule has 0 saturated heterocycles. The Hall–Kier alpha value is -3.21. The first kappa shape index (κ1) is 21.5. The molecule has 0 atom stereocenters.